The summed E-state index contributed by atoms with van der Waals surface area (Å²) in [6, 6.07) is 14.1. The lowest BCUT2D eigenvalue weighted by atomic mass is 9.96. The van der Waals surface area contributed by atoms with Gasteiger partial charge in [0.1, 0.15) is 0 Å². The fraction of sp³-hybridized carbons (Fsp3) is 0.154. The number of ether oxygens (including phenoxy) is 1. The molecule has 16 heavy (non-hydrogen) atoms. The third kappa shape index (κ3) is 1.56. The lowest BCUT2D eigenvalue weighted by Crippen LogP contribution is -2.12. The average molecular weight is 276 g/mol. The van der Waals surface area contributed by atoms with Crippen LogP contribution < -0.4 is 0 Å². The molecule has 0 N–H and O–H groups in total. The number of nitrogens with zero attached hydrogens (tertiary/aromatic N) is 1. The maximum atomic E-state index is 5.63. The molecule has 3 rings (SSSR count). The van der Waals surface area contributed by atoms with E-state index in [1.54, 1.807) is 6.20 Å². The van der Waals surface area contributed by atoms with Crippen molar-refractivity contribution in [1.29, 1.82) is 0 Å². The maximum absolute atomic E-state index is 5.63. The fourth-order valence-electron chi connectivity index (χ4n) is 1.86. The number of hydrogen-bond acceptors (Lipinski definition) is 2. The molecule has 0 radical (unpaired) electrons. The highest BCUT2D eigenvalue weighted by Gasteiger charge is 2.49. The highest BCUT2D eigenvalue weighted by Crippen LogP contribution is 2.44. The highest BCUT2D eigenvalue weighted by atomic mass is 79.9. The zero-order chi connectivity index (χ0) is 11.0. The van der Waals surface area contributed by atoms with Crippen molar-refractivity contribution in [2.24, 2.45) is 0 Å². The zero-order valence-corrected chi connectivity index (χ0v) is 10.1. The number of halogens is 1. The van der Waals surface area contributed by atoms with Gasteiger partial charge in [-0.25, -0.2) is 0 Å². The van der Waals surface area contributed by atoms with Crippen LogP contribution in [0.4, 0.5) is 0 Å². The van der Waals surface area contributed by atoms with Gasteiger partial charge in [0.25, 0.3) is 0 Å². The van der Waals surface area contributed by atoms with Crippen LogP contribution in [0.2, 0.25) is 0 Å². The van der Waals surface area contributed by atoms with E-state index < -0.39 is 0 Å². The largest absolute Gasteiger partial charge is 0.358 e. The molecule has 0 bridgehead atoms. The Bertz CT molecular complexity index is 491. The van der Waals surface area contributed by atoms with E-state index in [1.807, 2.05) is 30.3 Å². The van der Waals surface area contributed by atoms with Crippen molar-refractivity contribution in [2.45, 2.75) is 5.60 Å². The Morgan fingerprint density at radius 3 is 2.44 bits per heavy atom. The van der Waals surface area contributed by atoms with Crippen molar-refractivity contribution in [1.82, 2.24) is 4.98 Å². The van der Waals surface area contributed by atoms with Crippen LogP contribution in [0.15, 0.2) is 53.1 Å². The maximum Gasteiger partial charge on any atom is 0.158 e. The summed E-state index contributed by atoms with van der Waals surface area (Å²) < 4.78 is 6.71. The molecule has 80 valence electrons. The van der Waals surface area contributed by atoms with Crippen molar-refractivity contribution in [3.05, 3.63) is 64.4 Å². The monoisotopic (exact) mass is 275 g/mol. The summed E-state index contributed by atoms with van der Waals surface area (Å²) in [7, 11) is 0. The quantitative estimate of drug-likeness (QED) is 0.787. The molecular formula is C13H10BrNO. The van der Waals surface area contributed by atoms with E-state index in [1.165, 1.54) is 0 Å². The molecule has 1 aromatic carbocycles. The predicted octanol–water partition coefficient (Wildman–Crippen LogP) is 3.12. The molecule has 0 aliphatic carbocycles. The Labute approximate surface area is 102 Å². The number of aromatic nitrogens is 1. The summed E-state index contributed by atoms with van der Waals surface area (Å²) in [6.07, 6.45) is 1.80. The smallest absolute Gasteiger partial charge is 0.158 e. The molecule has 2 aromatic rings. The van der Waals surface area contributed by atoms with E-state index >= 15 is 0 Å². The van der Waals surface area contributed by atoms with Gasteiger partial charge >= 0.3 is 0 Å². The van der Waals surface area contributed by atoms with E-state index in [-0.39, 0.29) is 5.60 Å². The van der Waals surface area contributed by atoms with Crippen LogP contribution >= 0.6 is 15.9 Å². The second-order valence-electron chi connectivity index (χ2n) is 3.84. The van der Waals surface area contributed by atoms with Crippen LogP contribution in [0.3, 0.4) is 0 Å². The van der Waals surface area contributed by atoms with E-state index in [4.69, 9.17) is 4.74 Å². The Hall–Kier alpha value is -1.19. The molecule has 1 aliphatic rings. The highest BCUT2D eigenvalue weighted by molar-refractivity contribution is 9.10. The van der Waals surface area contributed by atoms with E-state index in [0.717, 1.165) is 15.7 Å². The third-order valence-corrected chi connectivity index (χ3v) is 3.35. The molecule has 2 heterocycles. The zero-order valence-electron chi connectivity index (χ0n) is 8.56. The van der Waals surface area contributed by atoms with Crippen molar-refractivity contribution >= 4 is 15.9 Å². The molecule has 0 amide bonds. The second-order valence-corrected chi connectivity index (χ2v) is 4.75. The minimum atomic E-state index is -0.304. The third-order valence-electron chi connectivity index (χ3n) is 2.82. The predicted molar refractivity (Wildman–Crippen MR) is 65.1 cm³/mol. The van der Waals surface area contributed by atoms with Crippen LogP contribution in [-0.2, 0) is 10.3 Å². The standard InChI is InChI=1S/C13H10BrNO/c14-11-6-4-10(5-7-11)13(9-16-13)12-3-1-2-8-15-12/h1-8H,9H2. The van der Waals surface area contributed by atoms with E-state index in [9.17, 15) is 0 Å². The van der Waals surface area contributed by atoms with Crippen molar-refractivity contribution in [3.63, 3.8) is 0 Å². The first kappa shape index (κ1) is 10.00. The summed E-state index contributed by atoms with van der Waals surface area (Å²) in [5.74, 6) is 0. The normalized spacial score (nSPS) is 23.1. The van der Waals surface area contributed by atoms with Crippen LogP contribution in [-0.4, -0.2) is 11.6 Å². The summed E-state index contributed by atoms with van der Waals surface area (Å²) in [5, 5.41) is 0. The van der Waals surface area contributed by atoms with Gasteiger partial charge in [0, 0.05) is 10.7 Å². The van der Waals surface area contributed by atoms with Gasteiger partial charge in [0.05, 0.1) is 12.3 Å². The fourth-order valence-corrected chi connectivity index (χ4v) is 2.12. The molecule has 1 atom stereocenters. The molecule has 1 fully saturated rings. The Kier molecular flexibility index (Phi) is 2.30. The van der Waals surface area contributed by atoms with E-state index in [0.29, 0.717) is 6.61 Å². The first-order chi connectivity index (χ1) is 7.81. The molecular weight excluding hydrogens is 266 g/mol. The molecule has 1 saturated heterocycles. The number of rotatable bonds is 2. The summed E-state index contributed by atoms with van der Waals surface area (Å²) >= 11 is 3.43. The van der Waals surface area contributed by atoms with Gasteiger partial charge in [-0.05, 0) is 29.8 Å². The minimum absolute atomic E-state index is 0.304. The Morgan fingerprint density at radius 1 is 1.12 bits per heavy atom. The lowest BCUT2D eigenvalue weighted by molar-refractivity contribution is 0.343. The molecule has 0 spiro atoms. The molecule has 0 saturated carbocycles. The van der Waals surface area contributed by atoms with Crippen molar-refractivity contribution in [3.8, 4) is 0 Å². The van der Waals surface area contributed by atoms with Gasteiger partial charge in [-0.2, -0.15) is 0 Å². The van der Waals surface area contributed by atoms with Crippen LogP contribution in [0.5, 0.6) is 0 Å². The lowest BCUT2D eigenvalue weighted by Gasteiger charge is -2.11. The molecule has 1 aromatic heterocycles. The van der Waals surface area contributed by atoms with Gasteiger partial charge in [0.2, 0.25) is 0 Å². The molecule has 2 nitrogen and oxygen atoms in total. The summed E-state index contributed by atoms with van der Waals surface area (Å²) in [4.78, 5) is 4.38. The minimum Gasteiger partial charge on any atom is -0.358 e. The van der Waals surface area contributed by atoms with Crippen molar-refractivity contribution in [2.75, 3.05) is 6.61 Å². The number of epoxide rings is 1. The summed E-state index contributed by atoms with van der Waals surface area (Å²) in [6.45, 7) is 0.714. The Morgan fingerprint density at radius 2 is 1.88 bits per heavy atom. The molecule has 3 heteroatoms. The first-order valence-electron chi connectivity index (χ1n) is 5.13. The van der Waals surface area contributed by atoms with Gasteiger partial charge in [-0.3, -0.25) is 4.98 Å². The van der Waals surface area contributed by atoms with Gasteiger partial charge in [0.15, 0.2) is 5.60 Å². The van der Waals surface area contributed by atoms with Crippen molar-refractivity contribution < 1.29 is 4.74 Å². The topological polar surface area (TPSA) is 25.4 Å². The van der Waals surface area contributed by atoms with Crippen LogP contribution in [0, 0.1) is 0 Å². The average Bonchev–Trinajstić information content (AvgIpc) is 3.13. The van der Waals surface area contributed by atoms with Crippen LogP contribution in [0.1, 0.15) is 11.3 Å². The van der Waals surface area contributed by atoms with Crippen LogP contribution in [0.25, 0.3) is 0 Å². The van der Waals surface area contributed by atoms with Gasteiger partial charge in [-0.1, -0.05) is 34.1 Å². The number of pyridine rings is 1. The molecule has 1 aliphatic heterocycles. The Balaban J connectivity index is 2.03. The number of benzene rings is 1. The first-order valence-corrected chi connectivity index (χ1v) is 5.92. The number of hydrogen-bond donors (Lipinski definition) is 0. The summed E-state index contributed by atoms with van der Waals surface area (Å²) in [5.41, 5.74) is 1.84. The van der Waals surface area contributed by atoms with Gasteiger partial charge < -0.3 is 4.74 Å². The SMILES string of the molecule is Brc1ccc(C2(c3ccccn3)CO2)cc1. The second kappa shape index (κ2) is 3.68. The van der Waals surface area contributed by atoms with E-state index in [2.05, 4.69) is 33.0 Å². The van der Waals surface area contributed by atoms with Gasteiger partial charge in [-0.15, -0.1) is 0 Å². The molecule has 1 unspecified atom stereocenters.